The number of hydrogen-bond acceptors (Lipinski definition) is 4. The molecule has 4 heteroatoms. The molecule has 4 nitrogen and oxygen atoms in total. The smallest absolute Gasteiger partial charge is 0.162 e. The Morgan fingerprint density at radius 3 is 2.60 bits per heavy atom. The van der Waals surface area contributed by atoms with Crippen molar-refractivity contribution in [3.05, 3.63) is 18.2 Å². The highest BCUT2D eigenvalue weighted by atomic mass is 16.5. The first kappa shape index (κ1) is 11.7. The van der Waals surface area contributed by atoms with Gasteiger partial charge in [-0.15, -0.1) is 0 Å². The van der Waals surface area contributed by atoms with Crippen molar-refractivity contribution >= 4 is 5.69 Å². The second-order valence-corrected chi connectivity index (χ2v) is 3.27. The van der Waals surface area contributed by atoms with Crippen molar-refractivity contribution in [1.82, 2.24) is 0 Å². The van der Waals surface area contributed by atoms with Crippen LogP contribution in [0.4, 0.5) is 5.69 Å². The van der Waals surface area contributed by atoms with Gasteiger partial charge in [-0.05, 0) is 19.1 Å². The molecule has 0 aliphatic heterocycles. The van der Waals surface area contributed by atoms with Gasteiger partial charge in [-0.2, -0.15) is 0 Å². The summed E-state index contributed by atoms with van der Waals surface area (Å²) >= 11 is 0. The largest absolute Gasteiger partial charge is 0.493 e. The average Bonchev–Trinajstić information content (AvgIpc) is 2.26. The van der Waals surface area contributed by atoms with E-state index in [0.29, 0.717) is 23.8 Å². The molecular weight excluding hydrogens is 194 g/mol. The zero-order chi connectivity index (χ0) is 11.3. The Kier molecular flexibility index (Phi) is 4.24. The van der Waals surface area contributed by atoms with Crippen LogP contribution in [0.2, 0.25) is 0 Å². The minimum Gasteiger partial charge on any atom is -0.493 e. The monoisotopic (exact) mass is 211 g/mol. The zero-order valence-corrected chi connectivity index (χ0v) is 9.32. The second kappa shape index (κ2) is 5.46. The SMILES string of the molecule is COc1cc(N)ccc1OCC(C)OC. The summed E-state index contributed by atoms with van der Waals surface area (Å²) in [6, 6.07) is 5.29. The van der Waals surface area contributed by atoms with Crippen LogP contribution in [0.1, 0.15) is 6.92 Å². The van der Waals surface area contributed by atoms with Gasteiger partial charge < -0.3 is 19.9 Å². The van der Waals surface area contributed by atoms with Crippen LogP contribution in [0, 0.1) is 0 Å². The molecule has 1 aromatic carbocycles. The van der Waals surface area contributed by atoms with E-state index in [1.165, 1.54) is 0 Å². The molecule has 1 unspecified atom stereocenters. The van der Waals surface area contributed by atoms with Crippen molar-refractivity contribution in [2.24, 2.45) is 0 Å². The quantitative estimate of drug-likeness (QED) is 0.753. The van der Waals surface area contributed by atoms with Gasteiger partial charge in [0.2, 0.25) is 0 Å². The number of nitrogens with two attached hydrogens (primary N) is 1. The highest BCUT2D eigenvalue weighted by Crippen LogP contribution is 2.28. The van der Waals surface area contributed by atoms with Crippen LogP contribution in [-0.4, -0.2) is 26.9 Å². The number of methoxy groups -OCH3 is 2. The Bertz CT molecular complexity index is 315. The second-order valence-electron chi connectivity index (χ2n) is 3.27. The highest BCUT2D eigenvalue weighted by molar-refractivity contribution is 5.51. The van der Waals surface area contributed by atoms with Crippen molar-refractivity contribution in [1.29, 1.82) is 0 Å². The van der Waals surface area contributed by atoms with Crippen molar-refractivity contribution in [3.63, 3.8) is 0 Å². The summed E-state index contributed by atoms with van der Waals surface area (Å²) in [7, 11) is 3.23. The van der Waals surface area contributed by atoms with E-state index in [2.05, 4.69) is 0 Å². The number of ether oxygens (including phenoxy) is 3. The van der Waals surface area contributed by atoms with E-state index in [1.54, 1.807) is 32.4 Å². The number of nitrogen functional groups attached to an aromatic ring is 1. The molecule has 0 amide bonds. The average molecular weight is 211 g/mol. The molecular formula is C11H17NO3. The fourth-order valence-corrected chi connectivity index (χ4v) is 1.08. The van der Waals surface area contributed by atoms with Crippen molar-refractivity contribution in [2.45, 2.75) is 13.0 Å². The fourth-order valence-electron chi connectivity index (χ4n) is 1.08. The summed E-state index contributed by atoms with van der Waals surface area (Å²) in [5.41, 5.74) is 6.28. The third-order valence-electron chi connectivity index (χ3n) is 2.06. The molecule has 0 aliphatic rings. The van der Waals surface area contributed by atoms with Crippen molar-refractivity contribution in [2.75, 3.05) is 26.6 Å². The molecule has 84 valence electrons. The molecule has 1 rings (SSSR count). The lowest BCUT2D eigenvalue weighted by molar-refractivity contribution is 0.0706. The van der Waals surface area contributed by atoms with E-state index in [9.17, 15) is 0 Å². The first-order valence-electron chi connectivity index (χ1n) is 4.76. The van der Waals surface area contributed by atoms with Crippen LogP contribution in [0.5, 0.6) is 11.5 Å². The first-order chi connectivity index (χ1) is 7.17. The van der Waals surface area contributed by atoms with E-state index in [-0.39, 0.29) is 6.10 Å². The van der Waals surface area contributed by atoms with Gasteiger partial charge in [0.15, 0.2) is 11.5 Å². The third-order valence-corrected chi connectivity index (χ3v) is 2.06. The van der Waals surface area contributed by atoms with Crippen LogP contribution in [0.3, 0.4) is 0 Å². The van der Waals surface area contributed by atoms with E-state index in [1.807, 2.05) is 6.92 Å². The molecule has 2 N–H and O–H groups in total. The van der Waals surface area contributed by atoms with Crippen molar-refractivity contribution in [3.8, 4) is 11.5 Å². The Balaban J connectivity index is 2.67. The van der Waals surface area contributed by atoms with E-state index in [0.717, 1.165) is 0 Å². The van der Waals surface area contributed by atoms with Crippen molar-refractivity contribution < 1.29 is 14.2 Å². The standard InChI is InChI=1S/C11H17NO3/c1-8(13-2)7-15-10-5-4-9(12)6-11(10)14-3/h4-6,8H,7,12H2,1-3H3. The topological polar surface area (TPSA) is 53.7 Å². The van der Waals surface area contributed by atoms with Gasteiger partial charge in [0.05, 0.1) is 13.2 Å². The zero-order valence-electron chi connectivity index (χ0n) is 9.32. The van der Waals surface area contributed by atoms with E-state index >= 15 is 0 Å². The first-order valence-corrected chi connectivity index (χ1v) is 4.76. The lowest BCUT2D eigenvalue weighted by atomic mass is 10.3. The molecule has 0 heterocycles. The summed E-state index contributed by atoms with van der Waals surface area (Å²) < 4.78 is 15.8. The number of anilines is 1. The lowest BCUT2D eigenvalue weighted by Crippen LogP contribution is -2.16. The van der Waals surface area contributed by atoms with Crippen LogP contribution >= 0.6 is 0 Å². The molecule has 0 saturated heterocycles. The molecule has 0 spiro atoms. The molecule has 0 saturated carbocycles. The third kappa shape index (κ3) is 3.32. The molecule has 1 aromatic rings. The fraction of sp³-hybridized carbons (Fsp3) is 0.455. The van der Waals surface area contributed by atoms with Crippen LogP contribution in [-0.2, 0) is 4.74 Å². The Hall–Kier alpha value is -1.42. The summed E-state index contributed by atoms with van der Waals surface area (Å²) in [5, 5.41) is 0. The highest BCUT2D eigenvalue weighted by Gasteiger charge is 2.06. The summed E-state index contributed by atoms with van der Waals surface area (Å²) in [6.07, 6.45) is 0.0484. The normalized spacial score (nSPS) is 12.2. The Morgan fingerprint density at radius 1 is 1.27 bits per heavy atom. The molecule has 0 radical (unpaired) electrons. The van der Waals surface area contributed by atoms with Crippen LogP contribution < -0.4 is 15.2 Å². The van der Waals surface area contributed by atoms with E-state index < -0.39 is 0 Å². The maximum absolute atomic E-state index is 5.62. The van der Waals surface area contributed by atoms with Gasteiger partial charge in [0.1, 0.15) is 6.61 Å². The molecule has 0 aliphatic carbocycles. The predicted octanol–water partition coefficient (Wildman–Crippen LogP) is 1.69. The minimum absolute atomic E-state index is 0.0484. The summed E-state index contributed by atoms with van der Waals surface area (Å²) in [6.45, 7) is 2.42. The van der Waals surface area contributed by atoms with Gasteiger partial charge in [-0.1, -0.05) is 0 Å². The predicted molar refractivity (Wildman–Crippen MR) is 59.4 cm³/mol. The van der Waals surface area contributed by atoms with Gasteiger partial charge >= 0.3 is 0 Å². The Labute approximate surface area is 89.9 Å². The van der Waals surface area contributed by atoms with Gasteiger partial charge in [-0.3, -0.25) is 0 Å². The molecule has 15 heavy (non-hydrogen) atoms. The van der Waals surface area contributed by atoms with Gasteiger partial charge in [0.25, 0.3) is 0 Å². The maximum atomic E-state index is 5.62. The Morgan fingerprint density at radius 2 is 2.00 bits per heavy atom. The van der Waals surface area contributed by atoms with E-state index in [4.69, 9.17) is 19.9 Å². The van der Waals surface area contributed by atoms with Crippen LogP contribution in [0.25, 0.3) is 0 Å². The number of rotatable bonds is 5. The molecule has 0 bridgehead atoms. The molecule has 0 fully saturated rings. The number of hydrogen-bond donors (Lipinski definition) is 1. The van der Waals surface area contributed by atoms with Gasteiger partial charge in [-0.25, -0.2) is 0 Å². The maximum Gasteiger partial charge on any atom is 0.162 e. The number of benzene rings is 1. The lowest BCUT2D eigenvalue weighted by Gasteiger charge is -2.14. The molecule has 1 atom stereocenters. The summed E-state index contributed by atoms with van der Waals surface area (Å²) in [5.74, 6) is 1.31. The minimum atomic E-state index is 0.0484. The van der Waals surface area contributed by atoms with Gasteiger partial charge in [0, 0.05) is 18.9 Å². The molecule has 0 aromatic heterocycles. The van der Waals surface area contributed by atoms with Crippen LogP contribution in [0.15, 0.2) is 18.2 Å². The summed E-state index contributed by atoms with van der Waals surface area (Å²) in [4.78, 5) is 0.